The third-order valence-corrected chi connectivity index (χ3v) is 2.17. The lowest BCUT2D eigenvalue weighted by molar-refractivity contribution is 0.598. The van der Waals surface area contributed by atoms with Crippen molar-refractivity contribution in [3.8, 4) is 0 Å². The first-order chi connectivity index (χ1) is 7.54. The summed E-state index contributed by atoms with van der Waals surface area (Å²) in [5.74, 6) is -1.04. The molecule has 2 N–H and O–H groups in total. The molecule has 0 saturated heterocycles. The van der Waals surface area contributed by atoms with E-state index in [0.717, 1.165) is 18.2 Å². The molecule has 0 spiro atoms. The van der Waals surface area contributed by atoms with Gasteiger partial charge in [-0.15, -0.1) is 0 Å². The van der Waals surface area contributed by atoms with Gasteiger partial charge in [-0.1, -0.05) is 0 Å². The average Bonchev–Trinajstić information content (AvgIpc) is 2.28. The topological polar surface area (TPSA) is 36.4 Å². The molecule has 0 bridgehead atoms. The van der Waals surface area contributed by atoms with E-state index in [-0.39, 0.29) is 5.56 Å². The number of hydrogen-bond acceptors (Lipinski definition) is 2. The van der Waals surface area contributed by atoms with Crippen molar-refractivity contribution in [3.05, 3.63) is 35.4 Å². The fraction of sp³-hybridized carbons (Fsp3) is 0.200. The van der Waals surface area contributed by atoms with Crippen LogP contribution < -0.4 is 10.7 Å². The Labute approximate surface area is 97.5 Å². The molecule has 16 heavy (non-hydrogen) atoms. The molecular formula is C10H11F2N3S. The van der Waals surface area contributed by atoms with Crippen LogP contribution in [-0.4, -0.2) is 17.9 Å². The van der Waals surface area contributed by atoms with E-state index in [2.05, 4.69) is 15.8 Å². The zero-order chi connectivity index (χ0) is 12.1. The fourth-order valence-electron chi connectivity index (χ4n) is 1.03. The lowest BCUT2D eigenvalue weighted by Gasteiger charge is -2.05. The summed E-state index contributed by atoms with van der Waals surface area (Å²) in [6.07, 6.45) is 0. The van der Waals surface area contributed by atoms with Crippen molar-refractivity contribution in [1.82, 2.24) is 10.7 Å². The maximum Gasteiger partial charge on any atom is 0.186 e. The number of hydrogen-bond donors (Lipinski definition) is 2. The van der Waals surface area contributed by atoms with Crippen LogP contribution >= 0.6 is 12.2 Å². The minimum absolute atomic E-state index is 0.103. The summed E-state index contributed by atoms with van der Waals surface area (Å²) >= 11 is 4.79. The normalized spacial score (nSPS) is 11.1. The summed E-state index contributed by atoms with van der Waals surface area (Å²) < 4.78 is 26.2. The number of nitrogens with one attached hydrogen (secondary N) is 2. The van der Waals surface area contributed by atoms with Gasteiger partial charge in [0.25, 0.3) is 0 Å². The van der Waals surface area contributed by atoms with E-state index in [9.17, 15) is 8.78 Å². The molecule has 3 nitrogen and oxygen atoms in total. The van der Waals surface area contributed by atoms with E-state index in [1.807, 2.05) is 0 Å². The van der Waals surface area contributed by atoms with E-state index >= 15 is 0 Å². The molecule has 86 valence electrons. The van der Waals surface area contributed by atoms with Crippen molar-refractivity contribution >= 4 is 23.0 Å². The van der Waals surface area contributed by atoms with Crippen molar-refractivity contribution < 1.29 is 8.78 Å². The predicted molar refractivity (Wildman–Crippen MR) is 63.4 cm³/mol. The van der Waals surface area contributed by atoms with Crippen molar-refractivity contribution in [1.29, 1.82) is 0 Å². The lowest BCUT2D eigenvalue weighted by atomic mass is 10.1. The third-order valence-electron chi connectivity index (χ3n) is 1.87. The van der Waals surface area contributed by atoms with Crippen LogP contribution in [0.3, 0.4) is 0 Å². The highest BCUT2D eigenvalue weighted by Gasteiger charge is 2.06. The van der Waals surface area contributed by atoms with Gasteiger partial charge in [0, 0.05) is 12.6 Å². The van der Waals surface area contributed by atoms with E-state index in [0.29, 0.717) is 10.8 Å². The second-order valence-electron chi connectivity index (χ2n) is 3.01. The number of benzene rings is 1. The van der Waals surface area contributed by atoms with Gasteiger partial charge in [-0.25, -0.2) is 8.78 Å². The Kier molecular flexibility index (Phi) is 4.30. The van der Waals surface area contributed by atoms with Crippen LogP contribution in [0.15, 0.2) is 23.3 Å². The summed E-state index contributed by atoms with van der Waals surface area (Å²) in [4.78, 5) is 0. The Bertz CT molecular complexity index is 432. The number of halogens is 2. The van der Waals surface area contributed by atoms with E-state index in [1.54, 1.807) is 14.0 Å². The van der Waals surface area contributed by atoms with Gasteiger partial charge in [0.15, 0.2) is 5.11 Å². The van der Waals surface area contributed by atoms with Crippen molar-refractivity contribution in [2.45, 2.75) is 6.92 Å². The first-order valence-corrected chi connectivity index (χ1v) is 4.93. The molecule has 0 heterocycles. The summed E-state index contributed by atoms with van der Waals surface area (Å²) in [6, 6.07) is 3.19. The van der Waals surface area contributed by atoms with Gasteiger partial charge in [-0.2, -0.15) is 5.10 Å². The first-order valence-electron chi connectivity index (χ1n) is 4.52. The molecular weight excluding hydrogens is 232 g/mol. The lowest BCUT2D eigenvalue weighted by Crippen LogP contribution is -2.29. The van der Waals surface area contributed by atoms with Gasteiger partial charge in [0.2, 0.25) is 0 Å². The number of rotatable bonds is 2. The Morgan fingerprint density at radius 3 is 2.69 bits per heavy atom. The van der Waals surface area contributed by atoms with Gasteiger partial charge < -0.3 is 5.32 Å². The van der Waals surface area contributed by atoms with Crippen LogP contribution in [0.1, 0.15) is 12.5 Å². The molecule has 0 amide bonds. The Hall–Kier alpha value is -1.56. The highest BCUT2D eigenvalue weighted by molar-refractivity contribution is 7.80. The van der Waals surface area contributed by atoms with Crippen molar-refractivity contribution in [3.63, 3.8) is 0 Å². The van der Waals surface area contributed by atoms with Crippen LogP contribution in [0.5, 0.6) is 0 Å². The molecule has 0 aliphatic heterocycles. The first kappa shape index (κ1) is 12.5. The van der Waals surface area contributed by atoms with E-state index < -0.39 is 11.6 Å². The zero-order valence-electron chi connectivity index (χ0n) is 8.84. The molecule has 1 aromatic carbocycles. The molecule has 0 saturated carbocycles. The molecule has 0 aliphatic rings. The fourth-order valence-corrected chi connectivity index (χ4v) is 1.07. The zero-order valence-corrected chi connectivity index (χ0v) is 9.66. The Morgan fingerprint density at radius 2 is 2.06 bits per heavy atom. The van der Waals surface area contributed by atoms with Gasteiger partial charge in [-0.05, 0) is 37.3 Å². The molecule has 0 aromatic heterocycles. The minimum atomic E-state index is -0.528. The monoisotopic (exact) mass is 243 g/mol. The van der Waals surface area contributed by atoms with Gasteiger partial charge in [0.1, 0.15) is 11.6 Å². The molecule has 0 aliphatic carbocycles. The largest absolute Gasteiger partial charge is 0.364 e. The maximum atomic E-state index is 13.3. The average molecular weight is 243 g/mol. The van der Waals surface area contributed by atoms with Crippen molar-refractivity contribution in [2.24, 2.45) is 5.10 Å². The Balaban J connectivity index is 2.91. The summed E-state index contributed by atoms with van der Waals surface area (Å²) in [7, 11) is 1.63. The van der Waals surface area contributed by atoms with Gasteiger partial charge >= 0.3 is 0 Å². The number of hydrazone groups is 1. The smallest absolute Gasteiger partial charge is 0.186 e. The molecule has 0 fully saturated rings. The molecule has 0 unspecified atom stereocenters. The second-order valence-corrected chi connectivity index (χ2v) is 3.42. The van der Waals surface area contributed by atoms with E-state index in [1.165, 1.54) is 0 Å². The van der Waals surface area contributed by atoms with Crippen molar-refractivity contribution in [2.75, 3.05) is 7.05 Å². The van der Waals surface area contributed by atoms with Gasteiger partial charge in [0.05, 0.1) is 5.71 Å². The van der Waals surface area contributed by atoms with Gasteiger partial charge in [-0.3, -0.25) is 5.43 Å². The standard InChI is InChI=1S/C10H11F2N3S/c1-6(14-15-10(16)13-2)8-5-7(11)3-4-9(8)12/h3-5H,1-2H3,(H2,13,15,16)/b14-6-. The summed E-state index contributed by atoms with van der Waals surface area (Å²) in [5, 5.41) is 6.77. The number of nitrogens with zero attached hydrogens (tertiary/aromatic N) is 1. The maximum absolute atomic E-state index is 13.3. The highest BCUT2D eigenvalue weighted by Crippen LogP contribution is 2.10. The number of thiocarbonyl (C=S) groups is 1. The second kappa shape index (κ2) is 5.50. The summed E-state index contributed by atoms with van der Waals surface area (Å²) in [5.41, 5.74) is 2.91. The third kappa shape index (κ3) is 3.23. The van der Waals surface area contributed by atoms with Crippen LogP contribution in [0, 0.1) is 11.6 Å². The van der Waals surface area contributed by atoms with E-state index in [4.69, 9.17) is 12.2 Å². The highest BCUT2D eigenvalue weighted by atomic mass is 32.1. The summed E-state index contributed by atoms with van der Waals surface area (Å²) in [6.45, 7) is 1.56. The SMILES string of the molecule is CNC(=S)N/N=C(/C)c1cc(F)ccc1F. The van der Waals surface area contributed by atoms with Crippen LogP contribution in [-0.2, 0) is 0 Å². The molecule has 6 heteroatoms. The van der Waals surface area contributed by atoms with Crippen LogP contribution in [0.25, 0.3) is 0 Å². The van der Waals surface area contributed by atoms with Crippen LogP contribution in [0.2, 0.25) is 0 Å². The predicted octanol–water partition coefficient (Wildman–Crippen LogP) is 1.78. The molecule has 1 rings (SSSR count). The molecule has 1 aromatic rings. The van der Waals surface area contributed by atoms with Crippen LogP contribution in [0.4, 0.5) is 8.78 Å². The quantitative estimate of drug-likeness (QED) is 0.472. The molecule has 0 atom stereocenters. The Morgan fingerprint density at radius 1 is 1.38 bits per heavy atom. The molecule has 0 radical (unpaired) electrons. The minimum Gasteiger partial charge on any atom is -0.364 e.